The first-order chi connectivity index (χ1) is 8.09. The van der Waals surface area contributed by atoms with Crippen LogP contribution in [0.2, 0.25) is 0 Å². The fourth-order valence-corrected chi connectivity index (χ4v) is 4.96. The zero-order chi connectivity index (χ0) is 12.3. The van der Waals surface area contributed by atoms with E-state index in [2.05, 4.69) is 5.32 Å². The Bertz CT molecular complexity index is 336. The molecule has 0 aliphatic carbocycles. The molecule has 100 valence electrons. The Kier molecular flexibility index (Phi) is 4.44. The molecule has 0 radical (unpaired) electrons. The predicted molar refractivity (Wildman–Crippen MR) is 69.4 cm³/mol. The number of sulfonamides is 1. The van der Waals surface area contributed by atoms with Crippen LogP contribution in [-0.2, 0) is 10.0 Å². The topological polar surface area (TPSA) is 49.4 Å². The van der Waals surface area contributed by atoms with Gasteiger partial charge in [-0.15, -0.1) is 0 Å². The Morgan fingerprint density at radius 2 is 2.00 bits per heavy atom. The SMILES string of the molecule is CC1CCCCCN1S(=O)(=O)CC1CCCN1. The summed E-state index contributed by atoms with van der Waals surface area (Å²) in [5.41, 5.74) is 0. The van der Waals surface area contributed by atoms with Gasteiger partial charge in [0.05, 0.1) is 5.75 Å². The van der Waals surface area contributed by atoms with Gasteiger partial charge in [-0.25, -0.2) is 8.42 Å². The lowest BCUT2D eigenvalue weighted by atomic mass is 10.1. The van der Waals surface area contributed by atoms with Crippen LogP contribution in [0.5, 0.6) is 0 Å². The first-order valence-electron chi connectivity index (χ1n) is 6.82. The largest absolute Gasteiger partial charge is 0.313 e. The molecule has 5 heteroatoms. The molecule has 2 unspecified atom stereocenters. The molecule has 2 heterocycles. The van der Waals surface area contributed by atoms with E-state index in [1.54, 1.807) is 4.31 Å². The van der Waals surface area contributed by atoms with Crippen molar-refractivity contribution in [3.05, 3.63) is 0 Å². The van der Waals surface area contributed by atoms with Crippen LogP contribution >= 0.6 is 0 Å². The van der Waals surface area contributed by atoms with Crippen LogP contribution in [0.25, 0.3) is 0 Å². The lowest BCUT2D eigenvalue weighted by molar-refractivity contribution is 0.340. The summed E-state index contributed by atoms with van der Waals surface area (Å²) in [5.74, 6) is 0.289. The summed E-state index contributed by atoms with van der Waals surface area (Å²) in [7, 11) is -3.07. The fourth-order valence-electron chi connectivity index (χ4n) is 2.91. The second kappa shape index (κ2) is 5.67. The van der Waals surface area contributed by atoms with Crippen molar-refractivity contribution in [2.75, 3.05) is 18.8 Å². The van der Waals surface area contributed by atoms with E-state index >= 15 is 0 Å². The van der Waals surface area contributed by atoms with Crippen molar-refractivity contribution < 1.29 is 8.42 Å². The van der Waals surface area contributed by atoms with Crippen molar-refractivity contribution in [1.82, 2.24) is 9.62 Å². The Morgan fingerprint density at radius 3 is 2.71 bits per heavy atom. The summed E-state index contributed by atoms with van der Waals surface area (Å²) in [6, 6.07) is 0.361. The van der Waals surface area contributed by atoms with Gasteiger partial charge in [0.2, 0.25) is 10.0 Å². The van der Waals surface area contributed by atoms with Crippen LogP contribution in [0.3, 0.4) is 0 Å². The van der Waals surface area contributed by atoms with Crippen molar-refractivity contribution >= 4 is 10.0 Å². The summed E-state index contributed by atoms with van der Waals surface area (Å²) in [5, 5.41) is 3.28. The average molecular weight is 260 g/mol. The van der Waals surface area contributed by atoms with Crippen LogP contribution in [0, 0.1) is 0 Å². The van der Waals surface area contributed by atoms with E-state index in [0.717, 1.165) is 51.6 Å². The Hall–Kier alpha value is -0.130. The van der Waals surface area contributed by atoms with E-state index in [0.29, 0.717) is 0 Å². The molecule has 2 atom stereocenters. The number of nitrogens with zero attached hydrogens (tertiary/aromatic N) is 1. The molecule has 0 aromatic carbocycles. The molecule has 2 rings (SSSR count). The van der Waals surface area contributed by atoms with Gasteiger partial charge in [-0.3, -0.25) is 0 Å². The molecule has 0 bridgehead atoms. The Labute approximate surface area is 105 Å². The van der Waals surface area contributed by atoms with E-state index in [1.165, 1.54) is 0 Å². The van der Waals surface area contributed by atoms with Gasteiger partial charge >= 0.3 is 0 Å². The summed E-state index contributed by atoms with van der Waals surface area (Å²) >= 11 is 0. The number of hydrogen-bond donors (Lipinski definition) is 1. The summed E-state index contributed by atoms with van der Waals surface area (Å²) in [6.45, 7) is 3.73. The molecule has 2 aliphatic rings. The molecule has 0 aromatic heterocycles. The van der Waals surface area contributed by atoms with Crippen molar-refractivity contribution in [3.8, 4) is 0 Å². The minimum Gasteiger partial charge on any atom is -0.313 e. The molecule has 1 N–H and O–H groups in total. The van der Waals surface area contributed by atoms with Gasteiger partial charge < -0.3 is 5.32 Å². The minimum atomic E-state index is -3.07. The molecular formula is C12H24N2O2S. The van der Waals surface area contributed by atoms with E-state index in [4.69, 9.17) is 0 Å². The second-order valence-electron chi connectivity index (χ2n) is 5.38. The molecule has 2 aliphatic heterocycles. The first kappa shape index (κ1) is 13.3. The third kappa shape index (κ3) is 3.42. The summed E-state index contributed by atoms with van der Waals surface area (Å²) in [4.78, 5) is 0. The minimum absolute atomic E-state index is 0.176. The molecule has 0 saturated carbocycles. The number of rotatable bonds is 3. The quantitative estimate of drug-likeness (QED) is 0.833. The van der Waals surface area contributed by atoms with E-state index in [-0.39, 0.29) is 17.8 Å². The van der Waals surface area contributed by atoms with Crippen LogP contribution < -0.4 is 5.32 Å². The third-order valence-electron chi connectivity index (χ3n) is 3.92. The first-order valence-corrected chi connectivity index (χ1v) is 8.43. The third-order valence-corrected chi connectivity index (χ3v) is 6.00. The summed E-state index contributed by atoms with van der Waals surface area (Å²) < 4.78 is 26.5. The van der Waals surface area contributed by atoms with E-state index in [1.807, 2.05) is 6.92 Å². The maximum atomic E-state index is 12.4. The predicted octanol–water partition coefficient (Wildman–Crippen LogP) is 1.33. The highest BCUT2D eigenvalue weighted by molar-refractivity contribution is 7.89. The maximum Gasteiger partial charge on any atom is 0.215 e. The standard InChI is InChI=1S/C12H24N2O2S/c1-11-6-3-2-4-9-14(11)17(15,16)10-12-7-5-8-13-12/h11-13H,2-10H2,1H3. The van der Waals surface area contributed by atoms with Gasteiger partial charge in [-0.1, -0.05) is 12.8 Å². The second-order valence-corrected chi connectivity index (χ2v) is 7.35. The van der Waals surface area contributed by atoms with Gasteiger partial charge in [0.25, 0.3) is 0 Å². The van der Waals surface area contributed by atoms with Crippen LogP contribution in [0.4, 0.5) is 0 Å². The average Bonchev–Trinajstić information content (AvgIpc) is 2.64. The van der Waals surface area contributed by atoms with Crippen molar-refractivity contribution in [1.29, 1.82) is 0 Å². The van der Waals surface area contributed by atoms with Crippen molar-refractivity contribution in [2.45, 2.75) is 57.5 Å². The highest BCUT2D eigenvalue weighted by Crippen LogP contribution is 2.21. The van der Waals surface area contributed by atoms with E-state index < -0.39 is 10.0 Å². The number of hydrogen-bond acceptors (Lipinski definition) is 3. The Balaban J connectivity index is 2.01. The molecule has 2 fully saturated rings. The number of nitrogens with one attached hydrogen (secondary N) is 1. The molecule has 4 nitrogen and oxygen atoms in total. The maximum absolute atomic E-state index is 12.4. The zero-order valence-electron chi connectivity index (χ0n) is 10.7. The van der Waals surface area contributed by atoms with Crippen LogP contribution in [0.1, 0.15) is 45.4 Å². The van der Waals surface area contributed by atoms with Gasteiger partial charge in [0.15, 0.2) is 0 Å². The summed E-state index contributed by atoms with van der Waals surface area (Å²) in [6.07, 6.45) is 6.46. The fraction of sp³-hybridized carbons (Fsp3) is 1.00. The molecular weight excluding hydrogens is 236 g/mol. The zero-order valence-corrected chi connectivity index (χ0v) is 11.5. The van der Waals surface area contributed by atoms with Crippen LogP contribution in [0.15, 0.2) is 0 Å². The molecule has 2 saturated heterocycles. The highest BCUT2D eigenvalue weighted by atomic mass is 32.2. The monoisotopic (exact) mass is 260 g/mol. The molecule has 0 amide bonds. The highest BCUT2D eigenvalue weighted by Gasteiger charge is 2.31. The molecule has 17 heavy (non-hydrogen) atoms. The lowest BCUT2D eigenvalue weighted by Crippen LogP contribution is -2.43. The molecule has 0 spiro atoms. The lowest BCUT2D eigenvalue weighted by Gasteiger charge is -2.27. The van der Waals surface area contributed by atoms with Crippen molar-refractivity contribution in [2.24, 2.45) is 0 Å². The van der Waals surface area contributed by atoms with Crippen molar-refractivity contribution in [3.63, 3.8) is 0 Å². The smallest absolute Gasteiger partial charge is 0.215 e. The van der Waals surface area contributed by atoms with Gasteiger partial charge in [0, 0.05) is 18.6 Å². The van der Waals surface area contributed by atoms with Gasteiger partial charge in [-0.05, 0) is 39.2 Å². The Morgan fingerprint density at radius 1 is 1.18 bits per heavy atom. The molecule has 0 aromatic rings. The van der Waals surface area contributed by atoms with Gasteiger partial charge in [-0.2, -0.15) is 4.31 Å². The normalized spacial score (nSPS) is 32.5. The van der Waals surface area contributed by atoms with Gasteiger partial charge in [0.1, 0.15) is 0 Å². The van der Waals surface area contributed by atoms with E-state index in [9.17, 15) is 8.42 Å². The van der Waals surface area contributed by atoms with Crippen LogP contribution in [-0.4, -0.2) is 43.6 Å².